The molecular formula is C16H26N2O2S. The fourth-order valence-corrected chi connectivity index (χ4v) is 4.83. The minimum atomic E-state index is -3.51. The van der Waals surface area contributed by atoms with Gasteiger partial charge in [0.25, 0.3) is 0 Å². The van der Waals surface area contributed by atoms with Crippen molar-refractivity contribution in [3.8, 4) is 0 Å². The maximum atomic E-state index is 12.7. The second kappa shape index (κ2) is 6.36. The second-order valence-electron chi connectivity index (χ2n) is 6.22. The predicted octanol–water partition coefficient (Wildman–Crippen LogP) is 2.93. The number of benzene rings is 1. The summed E-state index contributed by atoms with van der Waals surface area (Å²) in [5, 5.41) is 0. The molecule has 1 aliphatic carbocycles. The molecule has 3 N–H and O–H groups in total. The summed E-state index contributed by atoms with van der Waals surface area (Å²) in [6.07, 6.45) is 3.84. The van der Waals surface area contributed by atoms with Crippen molar-refractivity contribution in [2.45, 2.75) is 57.4 Å². The smallest absolute Gasteiger partial charge is 0.241 e. The third kappa shape index (κ3) is 3.58. The molecule has 5 heteroatoms. The van der Waals surface area contributed by atoms with E-state index in [2.05, 4.69) is 18.6 Å². The molecule has 0 amide bonds. The summed E-state index contributed by atoms with van der Waals surface area (Å²) in [7, 11) is -3.51. The Labute approximate surface area is 128 Å². The molecule has 0 spiro atoms. The van der Waals surface area contributed by atoms with Gasteiger partial charge in [-0.2, -0.15) is 0 Å². The van der Waals surface area contributed by atoms with Crippen LogP contribution in [0, 0.1) is 11.8 Å². The van der Waals surface area contributed by atoms with Crippen molar-refractivity contribution in [1.82, 2.24) is 4.72 Å². The zero-order valence-electron chi connectivity index (χ0n) is 13.1. The van der Waals surface area contributed by atoms with Crippen LogP contribution in [0.15, 0.2) is 23.1 Å². The highest BCUT2D eigenvalue weighted by molar-refractivity contribution is 7.89. The minimum absolute atomic E-state index is 0.0184. The number of sulfonamides is 1. The summed E-state index contributed by atoms with van der Waals surface area (Å²) < 4.78 is 28.3. The highest BCUT2D eigenvalue weighted by Gasteiger charge is 2.31. The quantitative estimate of drug-likeness (QED) is 0.840. The largest absolute Gasteiger partial charge is 0.399 e. The predicted molar refractivity (Wildman–Crippen MR) is 86.5 cm³/mol. The van der Waals surface area contributed by atoms with Gasteiger partial charge in [0.15, 0.2) is 0 Å². The lowest BCUT2D eigenvalue weighted by atomic mass is 9.78. The number of nitrogens with two attached hydrogens (primary N) is 1. The van der Waals surface area contributed by atoms with Crippen LogP contribution < -0.4 is 10.5 Å². The average Bonchev–Trinajstić information content (AvgIpc) is 2.44. The first-order chi connectivity index (χ1) is 9.85. The fraction of sp³-hybridized carbons (Fsp3) is 0.625. The van der Waals surface area contributed by atoms with Gasteiger partial charge >= 0.3 is 0 Å². The molecule has 0 aromatic heterocycles. The van der Waals surface area contributed by atoms with Gasteiger partial charge in [-0.05, 0) is 42.4 Å². The van der Waals surface area contributed by atoms with Crippen LogP contribution in [0.5, 0.6) is 0 Å². The molecule has 0 heterocycles. The van der Waals surface area contributed by atoms with Crippen molar-refractivity contribution in [2.75, 3.05) is 5.73 Å². The molecule has 21 heavy (non-hydrogen) atoms. The lowest BCUT2D eigenvalue weighted by molar-refractivity contribution is 0.227. The molecule has 1 aromatic rings. The van der Waals surface area contributed by atoms with Crippen LogP contribution in [-0.4, -0.2) is 14.5 Å². The highest BCUT2D eigenvalue weighted by atomic mass is 32.2. The molecule has 118 valence electrons. The summed E-state index contributed by atoms with van der Waals surface area (Å²) in [6.45, 7) is 6.29. The van der Waals surface area contributed by atoms with Crippen LogP contribution in [0.4, 0.5) is 5.69 Å². The summed E-state index contributed by atoms with van der Waals surface area (Å²) in [5.41, 5.74) is 7.07. The third-order valence-corrected chi connectivity index (χ3v) is 6.35. The van der Waals surface area contributed by atoms with E-state index in [1.807, 2.05) is 6.92 Å². The van der Waals surface area contributed by atoms with Crippen LogP contribution in [0.1, 0.15) is 45.6 Å². The molecule has 0 saturated heterocycles. The molecule has 1 saturated carbocycles. The van der Waals surface area contributed by atoms with Crippen molar-refractivity contribution in [3.63, 3.8) is 0 Å². The van der Waals surface area contributed by atoms with Gasteiger partial charge in [-0.1, -0.05) is 39.7 Å². The van der Waals surface area contributed by atoms with E-state index in [-0.39, 0.29) is 6.04 Å². The Balaban J connectivity index is 2.28. The van der Waals surface area contributed by atoms with E-state index in [1.54, 1.807) is 18.2 Å². The van der Waals surface area contributed by atoms with Crippen LogP contribution in [0.2, 0.25) is 0 Å². The Morgan fingerprint density at radius 1 is 1.29 bits per heavy atom. The van der Waals surface area contributed by atoms with E-state index in [9.17, 15) is 8.42 Å². The standard InChI is InChI=1S/C16H26N2O2S/c1-4-13-8-9-14(17)10-16(13)21(19,20)18-15-7-5-6-11(2)12(15)3/h8-12,15,18H,4-7,17H2,1-3H3. The first-order valence-corrected chi connectivity index (χ1v) is 9.24. The first-order valence-electron chi connectivity index (χ1n) is 7.76. The maximum absolute atomic E-state index is 12.7. The van der Waals surface area contributed by atoms with E-state index in [0.717, 1.165) is 18.4 Å². The topological polar surface area (TPSA) is 72.2 Å². The number of hydrogen-bond donors (Lipinski definition) is 2. The van der Waals surface area contributed by atoms with Gasteiger partial charge in [0.05, 0.1) is 4.90 Å². The van der Waals surface area contributed by atoms with E-state index in [4.69, 9.17) is 5.73 Å². The summed E-state index contributed by atoms with van der Waals surface area (Å²) >= 11 is 0. The van der Waals surface area contributed by atoms with Gasteiger partial charge in [0, 0.05) is 11.7 Å². The maximum Gasteiger partial charge on any atom is 0.241 e. The number of anilines is 1. The van der Waals surface area contributed by atoms with Crippen molar-refractivity contribution in [3.05, 3.63) is 23.8 Å². The zero-order chi connectivity index (χ0) is 15.6. The Morgan fingerprint density at radius 3 is 2.67 bits per heavy atom. The Morgan fingerprint density at radius 2 is 2.00 bits per heavy atom. The molecule has 0 radical (unpaired) electrons. The monoisotopic (exact) mass is 310 g/mol. The van der Waals surface area contributed by atoms with E-state index < -0.39 is 10.0 Å². The second-order valence-corrected chi connectivity index (χ2v) is 7.90. The normalized spacial score (nSPS) is 26.7. The zero-order valence-corrected chi connectivity index (χ0v) is 13.9. The number of nitrogens with one attached hydrogen (secondary N) is 1. The lowest BCUT2D eigenvalue weighted by Crippen LogP contribution is -2.43. The third-order valence-electron chi connectivity index (χ3n) is 4.77. The van der Waals surface area contributed by atoms with Gasteiger partial charge in [-0.25, -0.2) is 13.1 Å². The molecule has 0 bridgehead atoms. The molecule has 1 aromatic carbocycles. The number of rotatable bonds is 4. The summed E-state index contributed by atoms with van der Waals surface area (Å²) in [5.74, 6) is 0.914. The summed E-state index contributed by atoms with van der Waals surface area (Å²) in [4.78, 5) is 0.329. The van der Waals surface area contributed by atoms with Crippen LogP contribution >= 0.6 is 0 Å². The van der Waals surface area contributed by atoms with Crippen LogP contribution in [-0.2, 0) is 16.4 Å². The molecule has 4 nitrogen and oxygen atoms in total. The number of aryl methyl sites for hydroxylation is 1. The van der Waals surface area contributed by atoms with Crippen LogP contribution in [0.25, 0.3) is 0 Å². The van der Waals surface area contributed by atoms with Crippen LogP contribution in [0.3, 0.4) is 0 Å². The molecule has 2 rings (SSSR count). The SMILES string of the molecule is CCc1ccc(N)cc1S(=O)(=O)NC1CCCC(C)C1C. The van der Waals surface area contributed by atoms with E-state index in [0.29, 0.717) is 28.8 Å². The Bertz CT molecular complexity index is 598. The summed E-state index contributed by atoms with van der Waals surface area (Å²) in [6, 6.07) is 5.14. The van der Waals surface area contributed by atoms with Crippen molar-refractivity contribution in [2.24, 2.45) is 11.8 Å². The molecular weight excluding hydrogens is 284 g/mol. The molecule has 3 atom stereocenters. The van der Waals surface area contributed by atoms with Gasteiger partial charge in [-0.15, -0.1) is 0 Å². The fourth-order valence-electron chi connectivity index (χ4n) is 3.12. The van der Waals surface area contributed by atoms with Crippen molar-refractivity contribution in [1.29, 1.82) is 0 Å². The van der Waals surface area contributed by atoms with Crippen molar-refractivity contribution < 1.29 is 8.42 Å². The minimum Gasteiger partial charge on any atom is -0.399 e. The number of hydrogen-bond acceptors (Lipinski definition) is 3. The highest BCUT2D eigenvalue weighted by Crippen LogP contribution is 2.31. The Kier molecular flexibility index (Phi) is 4.94. The molecule has 3 unspecified atom stereocenters. The number of nitrogen functional groups attached to an aromatic ring is 1. The van der Waals surface area contributed by atoms with E-state index in [1.165, 1.54) is 6.42 Å². The van der Waals surface area contributed by atoms with Gasteiger partial charge < -0.3 is 5.73 Å². The molecule has 0 aliphatic heterocycles. The first kappa shape index (κ1) is 16.3. The lowest BCUT2D eigenvalue weighted by Gasteiger charge is -2.34. The van der Waals surface area contributed by atoms with Gasteiger partial charge in [-0.3, -0.25) is 0 Å². The van der Waals surface area contributed by atoms with Gasteiger partial charge in [0.1, 0.15) is 0 Å². The van der Waals surface area contributed by atoms with Gasteiger partial charge in [0.2, 0.25) is 10.0 Å². The van der Waals surface area contributed by atoms with Crippen molar-refractivity contribution >= 4 is 15.7 Å². The van der Waals surface area contributed by atoms with E-state index >= 15 is 0 Å². The molecule has 1 fully saturated rings. The molecule has 1 aliphatic rings. The Hall–Kier alpha value is -1.07. The average molecular weight is 310 g/mol.